The van der Waals surface area contributed by atoms with Crippen molar-refractivity contribution in [3.63, 3.8) is 0 Å². The van der Waals surface area contributed by atoms with Gasteiger partial charge >= 0.3 is 0 Å². The summed E-state index contributed by atoms with van der Waals surface area (Å²) in [5, 5.41) is 1.21. The first kappa shape index (κ1) is 9.19. The highest BCUT2D eigenvalue weighted by Gasteiger charge is 2.11. The molecule has 0 aliphatic carbocycles. The zero-order valence-electron chi connectivity index (χ0n) is 8.83. The van der Waals surface area contributed by atoms with Gasteiger partial charge in [-0.05, 0) is 17.9 Å². The third kappa shape index (κ3) is 1.29. The molecule has 0 aliphatic rings. The second kappa shape index (κ2) is 3.40. The van der Waals surface area contributed by atoms with Crippen molar-refractivity contribution >= 4 is 11.0 Å². The number of rotatable bonds is 2. The molecule has 2 rings (SSSR count). The number of aromatic amines is 1. The summed E-state index contributed by atoms with van der Waals surface area (Å²) in [5.41, 5.74) is 3.41. The van der Waals surface area contributed by atoms with Crippen molar-refractivity contribution in [3.05, 3.63) is 23.8 Å². The fourth-order valence-electron chi connectivity index (χ4n) is 1.77. The van der Waals surface area contributed by atoms with E-state index in [1.165, 1.54) is 10.9 Å². The maximum absolute atomic E-state index is 4.36. The van der Waals surface area contributed by atoms with Crippen LogP contribution in [0.4, 0.5) is 0 Å². The minimum absolute atomic E-state index is 0.446. The van der Waals surface area contributed by atoms with Gasteiger partial charge in [0.15, 0.2) is 0 Å². The Balaban J connectivity index is 2.75. The summed E-state index contributed by atoms with van der Waals surface area (Å²) in [7, 11) is 0. The fraction of sp³-hybridized carbons (Fsp3) is 0.455. The number of hydrogen-bond donors (Lipinski definition) is 1. The molecule has 2 heterocycles. The lowest BCUT2D eigenvalue weighted by molar-refractivity contribution is 0.827. The van der Waals surface area contributed by atoms with Crippen LogP contribution in [0.1, 0.15) is 37.9 Å². The predicted molar refractivity (Wildman–Crippen MR) is 57.4 cm³/mol. The van der Waals surface area contributed by atoms with Crippen LogP contribution in [-0.4, -0.2) is 15.0 Å². The molecule has 0 amide bonds. The van der Waals surface area contributed by atoms with Gasteiger partial charge in [0.25, 0.3) is 0 Å². The number of H-pyrrole nitrogens is 1. The molecular formula is C11H15N3. The van der Waals surface area contributed by atoms with E-state index in [4.69, 9.17) is 0 Å². The second-order valence-electron chi connectivity index (χ2n) is 3.80. The van der Waals surface area contributed by atoms with E-state index in [1.807, 2.05) is 6.20 Å². The monoisotopic (exact) mass is 189 g/mol. The average Bonchev–Trinajstić information content (AvgIpc) is 2.59. The van der Waals surface area contributed by atoms with Crippen LogP contribution in [0.5, 0.6) is 0 Å². The smallest absolute Gasteiger partial charge is 0.141 e. The lowest BCUT2D eigenvalue weighted by Gasteiger charge is -2.06. The Kier molecular flexibility index (Phi) is 2.23. The molecule has 2 aromatic heterocycles. The number of aromatic nitrogens is 3. The van der Waals surface area contributed by atoms with Gasteiger partial charge in [-0.25, -0.2) is 9.97 Å². The van der Waals surface area contributed by atoms with Crippen molar-refractivity contribution in [2.24, 2.45) is 0 Å². The Hall–Kier alpha value is -1.38. The van der Waals surface area contributed by atoms with Crippen molar-refractivity contribution in [2.75, 3.05) is 0 Å². The van der Waals surface area contributed by atoms with E-state index < -0.39 is 0 Å². The van der Waals surface area contributed by atoms with Gasteiger partial charge < -0.3 is 4.98 Å². The molecule has 0 unspecified atom stereocenters. The highest BCUT2D eigenvalue weighted by Crippen LogP contribution is 2.24. The number of nitrogens with zero attached hydrogens (tertiary/aromatic N) is 2. The first-order valence-electron chi connectivity index (χ1n) is 5.04. The summed E-state index contributed by atoms with van der Waals surface area (Å²) in [5.74, 6) is 0.446. The highest BCUT2D eigenvalue weighted by molar-refractivity contribution is 5.82. The molecular weight excluding hydrogens is 174 g/mol. The van der Waals surface area contributed by atoms with Crippen LogP contribution in [0.25, 0.3) is 11.0 Å². The minimum Gasteiger partial charge on any atom is -0.346 e. The summed E-state index contributed by atoms with van der Waals surface area (Å²) in [4.78, 5) is 11.8. The van der Waals surface area contributed by atoms with Crippen LogP contribution >= 0.6 is 0 Å². The van der Waals surface area contributed by atoms with Gasteiger partial charge in [0, 0.05) is 11.6 Å². The van der Waals surface area contributed by atoms with E-state index in [0.717, 1.165) is 17.8 Å². The van der Waals surface area contributed by atoms with Crippen LogP contribution < -0.4 is 0 Å². The summed E-state index contributed by atoms with van der Waals surface area (Å²) < 4.78 is 0. The normalized spacial score (nSPS) is 11.4. The van der Waals surface area contributed by atoms with Crippen LogP contribution in [-0.2, 0) is 6.42 Å². The lowest BCUT2D eigenvalue weighted by atomic mass is 10.0. The Labute approximate surface area is 83.6 Å². The number of aryl methyl sites for hydroxylation is 1. The van der Waals surface area contributed by atoms with Crippen molar-refractivity contribution in [3.8, 4) is 0 Å². The molecule has 3 nitrogen and oxygen atoms in total. The predicted octanol–water partition coefficient (Wildman–Crippen LogP) is 2.64. The van der Waals surface area contributed by atoms with E-state index >= 15 is 0 Å². The molecule has 74 valence electrons. The molecule has 0 bridgehead atoms. The number of fused-ring (bicyclic) bond motifs is 1. The number of hydrogen-bond acceptors (Lipinski definition) is 2. The maximum Gasteiger partial charge on any atom is 0.141 e. The van der Waals surface area contributed by atoms with Gasteiger partial charge in [0.05, 0.1) is 5.69 Å². The molecule has 0 aromatic carbocycles. The van der Waals surface area contributed by atoms with Gasteiger partial charge in [-0.3, -0.25) is 0 Å². The molecule has 14 heavy (non-hydrogen) atoms. The van der Waals surface area contributed by atoms with E-state index in [0.29, 0.717) is 5.92 Å². The Morgan fingerprint density at radius 3 is 2.79 bits per heavy atom. The SMILES string of the molecule is CCc1c[nH]c2ncnc(C(C)C)c12. The third-order valence-corrected chi connectivity index (χ3v) is 2.51. The summed E-state index contributed by atoms with van der Waals surface area (Å²) in [6.45, 7) is 6.47. The first-order valence-corrected chi connectivity index (χ1v) is 5.04. The number of nitrogens with one attached hydrogen (secondary N) is 1. The van der Waals surface area contributed by atoms with Gasteiger partial charge in [0.2, 0.25) is 0 Å². The van der Waals surface area contributed by atoms with Crippen LogP contribution in [0, 0.1) is 0 Å². The van der Waals surface area contributed by atoms with Gasteiger partial charge in [-0.15, -0.1) is 0 Å². The molecule has 0 spiro atoms. The average molecular weight is 189 g/mol. The Morgan fingerprint density at radius 2 is 2.14 bits per heavy atom. The Morgan fingerprint density at radius 1 is 1.36 bits per heavy atom. The fourth-order valence-corrected chi connectivity index (χ4v) is 1.77. The molecule has 0 radical (unpaired) electrons. The van der Waals surface area contributed by atoms with E-state index in [9.17, 15) is 0 Å². The standard InChI is InChI=1S/C11H15N3/c1-4-8-5-12-11-9(8)10(7(2)3)13-6-14-11/h5-7H,4H2,1-3H3,(H,12,13,14). The molecule has 0 saturated carbocycles. The minimum atomic E-state index is 0.446. The van der Waals surface area contributed by atoms with Crippen LogP contribution in [0.15, 0.2) is 12.5 Å². The van der Waals surface area contributed by atoms with Crippen LogP contribution in [0.2, 0.25) is 0 Å². The molecule has 3 heteroatoms. The summed E-state index contributed by atoms with van der Waals surface area (Å²) in [6, 6.07) is 0. The second-order valence-corrected chi connectivity index (χ2v) is 3.80. The topological polar surface area (TPSA) is 41.6 Å². The lowest BCUT2D eigenvalue weighted by Crippen LogP contribution is -1.95. The van der Waals surface area contributed by atoms with Crippen molar-refractivity contribution < 1.29 is 0 Å². The first-order chi connectivity index (χ1) is 6.74. The molecule has 2 aromatic rings. The van der Waals surface area contributed by atoms with E-state index in [-0.39, 0.29) is 0 Å². The molecule has 0 aliphatic heterocycles. The summed E-state index contributed by atoms with van der Waals surface area (Å²) in [6.07, 6.45) is 4.69. The van der Waals surface area contributed by atoms with Crippen molar-refractivity contribution in [1.29, 1.82) is 0 Å². The van der Waals surface area contributed by atoms with Gasteiger partial charge in [-0.1, -0.05) is 20.8 Å². The zero-order valence-corrected chi connectivity index (χ0v) is 8.83. The third-order valence-electron chi connectivity index (χ3n) is 2.51. The van der Waals surface area contributed by atoms with E-state index in [2.05, 4.69) is 35.7 Å². The summed E-state index contributed by atoms with van der Waals surface area (Å²) >= 11 is 0. The quantitative estimate of drug-likeness (QED) is 0.789. The van der Waals surface area contributed by atoms with Crippen molar-refractivity contribution in [1.82, 2.24) is 15.0 Å². The van der Waals surface area contributed by atoms with Gasteiger partial charge in [-0.2, -0.15) is 0 Å². The molecule has 0 atom stereocenters. The molecule has 0 saturated heterocycles. The van der Waals surface area contributed by atoms with Crippen molar-refractivity contribution in [2.45, 2.75) is 33.1 Å². The molecule has 1 N–H and O–H groups in total. The molecule has 0 fully saturated rings. The highest BCUT2D eigenvalue weighted by atomic mass is 14.9. The van der Waals surface area contributed by atoms with Crippen LogP contribution in [0.3, 0.4) is 0 Å². The Bertz CT molecular complexity index is 443. The van der Waals surface area contributed by atoms with E-state index in [1.54, 1.807) is 6.33 Å². The largest absolute Gasteiger partial charge is 0.346 e. The maximum atomic E-state index is 4.36. The van der Waals surface area contributed by atoms with Gasteiger partial charge in [0.1, 0.15) is 12.0 Å². The zero-order chi connectivity index (χ0) is 10.1.